The Morgan fingerprint density at radius 2 is 1.84 bits per heavy atom. The van der Waals surface area contributed by atoms with Crippen LogP contribution in [0.1, 0.15) is 43.0 Å². The van der Waals surface area contributed by atoms with E-state index in [0.29, 0.717) is 19.7 Å². The van der Waals surface area contributed by atoms with Gasteiger partial charge in [0.2, 0.25) is 0 Å². The molecule has 6 nitrogen and oxygen atoms in total. The van der Waals surface area contributed by atoms with Crippen molar-refractivity contribution in [2.24, 2.45) is 4.99 Å². The van der Waals surface area contributed by atoms with E-state index >= 15 is 0 Å². The van der Waals surface area contributed by atoms with E-state index in [2.05, 4.69) is 85.0 Å². The van der Waals surface area contributed by atoms with E-state index in [0.717, 1.165) is 19.0 Å². The smallest absolute Gasteiger partial charge is 0.191 e. The van der Waals surface area contributed by atoms with Gasteiger partial charge in [0.1, 0.15) is 0 Å². The Balaban J connectivity index is 1.63. The van der Waals surface area contributed by atoms with Crippen molar-refractivity contribution in [1.82, 2.24) is 20.4 Å². The standard InChI is InChI=1S/C25H33N5O/c1-4-26-25(27-16-21-9-7-10-22(15-21)19-31-20(2)3)28-17-23-11-5-6-12-24(23)18-30-14-8-13-29-30/h5-15,20H,4,16-19H2,1-3H3,(H2,26,27,28). The molecule has 6 heteroatoms. The molecule has 3 rings (SSSR count). The number of rotatable bonds is 10. The topological polar surface area (TPSA) is 63.5 Å². The highest BCUT2D eigenvalue weighted by Crippen LogP contribution is 2.11. The van der Waals surface area contributed by atoms with E-state index in [1.807, 2.05) is 16.9 Å². The molecular weight excluding hydrogens is 386 g/mol. The van der Waals surface area contributed by atoms with Gasteiger partial charge < -0.3 is 15.4 Å². The van der Waals surface area contributed by atoms with Crippen molar-refractivity contribution in [1.29, 1.82) is 0 Å². The first-order valence-electron chi connectivity index (χ1n) is 10.9. The summed E-state index contributed by atoms with van der Waals surface area (Å²) in [5.74, 6) is 0.806. The Bertz CT molecular complexity index is 950. The number of hydrogen-bond acceptors (Lipinski definition) is 3. The minimum Gasteiger partial charge on any atom is -0.374 e. The third-order valence-corrected chi connectivity index (χ3v) is 4.79. The maximum absolute atomic E-state index is 5.72. The zero-order valence-electron chi connectivity index (χ0n) is 18.7. The molecule has 0 saturated carbocycles. The molecule has 31 heavy (non-hydrogen) atoms. The van der Waals surface area contributed by atoms with Gasteiger partial charge in [0.15, 0.2) is 5.96 Å². The fraction of sp³-hybridized carbons (Fsp3) is 0.360. The molecule has 2 N–H and O–H groups in total. The monoisotopic (exact) mass is 419 g/mol. The molecule has 0 amide bonds. The summed E-state index contributed by atoms with van der Waals surface area (Å²) in [6, 6.07) is 18.8. The summed E-state index contributed by atoms with van der Waals surface area (Å²) in [7, 11) is 0. The predicted octanol–water partition coefficient (Wildman–Crippen LogP) is 4.11. The number of hydrogen-bond donors (Lipinski definition) is 2. The SMILES string of the molecule is CCNC(=NCc1cccc(COC(C)C)c1)NCc1ccccc1Cn1cccn1. The van der Waals surface area contributed by atoms with Crippen molar-refractivity contribution >= 4 is 5.96 Å². The highest BCUT2D eigenvalue weighted by atomic mass is 16.5. The molecule has 2 aromatic carbocycles. The molecule has 0 bridgehead atoms. The van der Waals surface area contributed by atoms with Crippen molar-refractivity contribution < 1.29 is 4.74 Å². The lowest BCUT2D eigenvalue weighted by molar-refractivity contribution is 0.0657. The summed E-state index contributed by atoms with van der Waals surface area (Å²) in [5.41, 5.74) is 4.82. The molecule has 0 radical (unpaired) electrons. The van der Waals surface area contributed by atoms with Crippen LogP contribution in [0.5, 0.6) is 0 Å². The number of aliphatic imine (C=N–C) groups is 1. The van der Waals surface area contributed by atoms with Crippen LogP contribution >= 0.6 is 0 Å². The highest BCUT2D eigenvalue weighted by Gasteiger charge is 2.05. The lowest BCUT2D eigenvalue weighted by atomic mass is 10.1. The molecule has 0 saturated heterocycles. The maximum atomic E-state index is 5.72. The summed E-state index contributed by atoms with van der Waals surface area (Å²) < 4.78 is 7.66. The number of benzene rings is 2. The van der Waals surface area contributed by atoms with Gasteiger partial charge in [-0.05, 0) is 49.1 Å². The van der Waals surface area contributed by atoms with E-state index in [4.69, 9.17) is 9.73 Å². The van der Waals surface area contributed by atoms with Gasteiger partial charge in [-0.25, -0.2) is 4.99 Å². The Labute approximate surface area is 185 Å². The Morgan fingerprint density at radius 3 is 2.58 bits per heavy atom. The van der Waals surface area contributed by atoms with Crippen LogP contribution in [0.2, 0.25) is 0 Å². The second kappa shape index (κ2) is 11.9. The first-order chi connectivity index (χ1) is 15.1. The Morgan fingerprint density at radius 1 is 1.03 bits per heavy atom. The molecule has 0 fully saturated rings. The lowest BCUT2D eigenvalue weighted by Gasteiger charge is -2.14. The van der Waals surface area contributed by atoms with Crippen molar-refractivity contribution in [2.75, 3.05) is 6.54 Å². The van der Waals surface area contributed by atoms with Gasteiger partial charge in [-0.15, -0.1) is 0 Å². The predicted molar refractivity (Wildman–Crippen MR) is 126 cm³/mol. The van der Waals surface area contributed by atoms with Crippen molar-refractivity contribution in [3.8, 4) is 0 Å². The summed E-state index contributed by atoms with van der Waals surface area (Å²) >= 11 is 0. The fourth-order valence-electron chi connectivity index (χ4n) is 3.22. The minimum atomic E-state index is 0.224. The molecule has 3 aromatic rings. The van der Waals surface area contributed by atoms with E-state index in [-0.39, 0.29) is 6.10 Å². The average Bonchev–Trinajstić information content (AvgIpc) is 3.28. The summed E-state index contributed by atoms with van der Waals surface area (Å²) in [6.07, 6.45) is 4.01. The molecule has 1 aromatic heterocycles. The molecule has 164 valence electrons. The minimum absolute atomic E-state index is 0.224. The van der Waals surface area contributed by atoms with E-state index in [1.54, 1.807) is 6.20 Å². The molecular formula is C25H33N5O. The molecule has 0 aliphatic carbocycles. The van der Waals surface area contributed by atoms with Gasteiger partial charge >= 0.3 is 0 Å². The number of ether oxygens (including phenoxy) is 1. The quantitative estimate of drug-likeness (QED) is 0.383. The number of nitrogens with zero attached hydrogens (tertiary/aromatic N) is 3. The van der Waals surface area contributed by atoms with Crippen LogP contribution in [0.3, 0.4) is 0 Å². The van der Waals surface area contributed by atoms with Gasteiger partial charge in [0.05, 0.1) is 25.8 Å². The lowest BCUT2D eigenvalue weighted by Crippen LogP contribution is -2.37. The zero-order chi connectivity index (χ0) is 21.9. The summed E-state index contributed by atoms with van der Waals surface area (Å²) in [5, 5.41) is 11.1. The van der Waals surface area contributed by atoms with Gasteiger partial charge in [-0.3, -0.25) is 4.68 Å². The molecule has 1 heterocycles. The normalized spacial score (nSPS) is 11.7. The van der Waals surface area contributed by atoms with Crippen LogP contribution in [0.15, 0.2) is 72.0 Å². The van der Waals surface area contributed by atoms with Crippen LogP contribution in [-0.2, 0) is 31.0 Å². The van der Waals surface area contributed by atoms with Crippen LogP contribution in [0.25, 0.3) is 0 Å². The Hall–Kier alpha value is -3.12. The molecule has 0 atom stereocenters. The van der Waals surface area contributed by atoms with Gasteiger partial charge in [-0.2, -0.15) is 5.10 Å². The zero-order valence-corrected chi connectivity index (χ0v) is 18.7. The largest absolute Gasteiger partial charge is 0.374 e. The van der Waals surface area contributed by atoms with Gasteiger partial charge in [0, 0.05) is 25.5 Å². The first kappa shape index (κ1) is 22.6. The third kappa shape index (κ3) is 7.57. The second-order valence-electron chi connectivity index (χ2n) is 7.70. The van der Waals surface area contributed by atoms with E-state index in [9.17, 15) is 0 Å². The van der Waals surface area contributed by atoms with Crippen molar-refractivity contribution in [3.63, 3.8) is 0 Å². The Kier molecular flexibility index (Phi) is 8.67. The van der Waals surface area contributed by atoms with E-state index in [1.165, 1.54) is 22.3 Å². The molecule has 0 unspecified atom stereocenters. The summed E-state index contributed by atoms with van der Waals surface area (Å²) in [6.45, 7) is 9.68. The van der Waals surface area contributed by atoms with Crippen LogP contribution < -0.4 is 10.6 Å². The first-order valence-corrected chi connectivity index (χ1v) is 10.9. The van der Waals surface area contributed by atoms with E-state index < -0.39 is 0 Å². The maximum Gasteiger partial charge on any atom is 0.191 e. The molecule has 0 spiro atoms. The number of aromatic nitrogens is 2. The molecule has 0 aliphatic rings. The highest BCUT2D eigenvalue weighted by molar-refractivity contribution is 5.79. The average molecular weight is 420 g/mol. The van der Waals surface area contributed by atoms with Gasteiger partial charge in [-0.1, -0.05) is 48.5 Å². The molecule has 0 aliphatic heterocycles. The number of nitrogens with one attached hydrogen (secondary N) is 2. The van der Waals surface area contributed by atoms with Crippen molar-refractivity contribution in [2.45, 2.75) is 53.1 Å². The van der Waals surface area contributed by atoms with Crippen LogP contribution in [0, 0.1) is 0 Å². The second-order valence-corrected chi connectivity index (χ2v) is 7.70. The van der Waals surface area contributed by atoms with Crippen LogP contribution in [-0.4, -0.2) is 28.4 Å². The fourth-order valence-corrected chi connectivity index (χ4v) is 3.22. The summed E-state index contributed by atoms with van der Waals surface area (Å²) in [4.78, 5) is 4.78. The third-order valence-electron chi connectivity index (χ3n) is 4.79. The van der Waals surface area contributed by atoms with Crippen molar-refractivity contribution in [3.05, 3.63) is 89.2 Å². The van der Waals surface area contributed by atoms with Gasteiger partial charge in [0.25, 0.3) is 0 Å². The van der Waals surface area contributed by atoms with Crippen LogP contribution in [0.4, 0.5) is 0 Å². The number of guanidine groups is 1.